The molecule has 0 radical (unpaired) electrons. The summed E-state index contributed by atoms with van der Waals surface area (Å²) in [5, 5.41) is 20.7. The summed E-state index contributed by atoms with van der Waals surface area (Å²) in [4.78, 5) is 58.9. The number of allylic oxidation sites excluding steroid dienone is 20. The van der Waals surface area contributed by atoms with Crippen LogP contribution >= 0.6 is 15.6 Å². The van der Waals surface area contributed by atoms with Crippen LogP contribution in [0.1, 0.15) is 419 Å². The standard InChI is InChI=1S/C97H172O16P2/c1-4-7-10-13-16-19-22-25-27-29-31-33-35-37-39-41-43-44-45-46-48-50-51-53-55-57-59-61-63-66-68-71-74-77-80-83-95(100)107-86-92(98)87-109-114(103,104)110-88-93(99)89-111-115(105,106)112-91-94(113-97(102)85-82-79-76-73-70-65-24-21-18-15-12-9-6-3)90-108-96(101)84-81-78-75-72-69-67-64-62-60-58-56-54-52-49-47-42-40-38-36-34-32-30-28-26-23-20-17-14-11-8-5-2/h8,11,16-17,19-21,24-28,31-34,37-40,92-94,98-99H,4-7,9-10,12-15,18,22-23,29-30,35-36,41-91H2,1-3H3,(H,103,104)(H,105,106)/b11-8-,19-16-,20-17-,24-21-,27-25-,28-26-,33-31-,34-32-,39-37-,40-38-. The van der Waals surface area contributed by atoms with Crippen LogP contribution in [0.15, 0.2) is 122 Å². The van der Waals surface area contributed by atoms with Gasteiger partial charge in [-0.3, -0.25) is 32.5 Å². The summed E-state index contributed by atoms with van der Waals surface area (Å²) in [6, 6.07) is 0. The van der Waals surface area contributed by atoms with E-state index in [2.05, 4.69) is 142 Å². The predicted octanol–water partition coefficient (Wildman–Crippen LogP) is 28.8. The van der Waals surface area contributed by atoms with E-state index in [1.54, 1.807) is 0 Å². The maximum absolute atomic E-state index is 13.0. The average molecular weight is 1660 g/mol. The van der Waals surface area contributed by atoms with Crippen LogP contribution in [-0.4, -0.2) is 95.9 Å². The third kappa shape index (κ3) is 90.6. The third-order valence-corrected chi connectivity index (χ3v) is 22.0. The van der Waals surface area contributed by atoms with Crippen LogP contribution in [0, 0.1) is 0 Å². The first-order valence-corrected chi connectivity index (χ1v) is 49.8. The van der Waals surface area contributed by atoms with Crippen molar-refractivity contribution in [1.82, 2.24) is 0 Å². The monoisotopic (exact) mass is 1660 g/mol. The van der Waals surface area contributed by atoms with Crippen LogP contribution in [0.2, 0.25) is 0 Å². The van der Waals surface area contributed by atoms with Crippen molar-refractivity contribution in [1.29, 1.82) is 0 Å². The molecule has 0 aromatic rings. The molecule has 0 saturated heterocycles. The molecule has 4 N–H and O–H groups in total. The Morgan fingerprint density at radius 2 is 0.461 bits per heavy atom. The molecule has 0 heterocycles. The Hall–Kier alpha value is -4.05. The van der Waals surface area contributed by atoms with E-state index in [0.29, 0.717) is 19.3 Å². The van der Waals surface area contributed by atoms with Crippen molar-refractivity contribution < 1.29 is 75.8 Å². The fourth-order valence-corrected chi connectivity index (χ4v) is 14.6. The van der Waals surface area contributed by atoms with E-state index in [1.807, 2.05) is 0 Å². The zero-order valence-corrected chi connectivity index (χ0v) is 75.2. The second-order valence-electron chi connectivity index (χ2n) is 31.4. The van der Waals surface area contributed by atoms with E-state index in [1.165, 1.54) is 231 Å². The Labute approximate surface area is 703 Å². The van der Waals surface area contributed by atoms with Gasteiger partial charge >= 0.3 is 33.6 Å². The molecule has 0 aromatic heterocycles. The second kappa shape index (κ2) is 89.2. The highest BCUT2D eigenvalue weighted by Crippen LogP contribution is 2.45. The van der Waals surface area contributed by atoms with Gasteiger partial charge in [-0.15, -0.1) is 0 Å². The number of hydrogen-bond donors (Lipinski definition) is 4. The number of phosphoric acid groups is 2. The van der Waals surface area contributed by atoms with E-state index >= 15 is 0 Å². The number of unbranched alkanes of at least 4 members (excludes halogenated alkanes) is 46. The highest BCUT2D eigenvalue weighted by Gasteiger charge is 2.30. The molecule has 0 aromatic carbocycles. The summed E-state index contributed by atoms with van der Waals surface area (Å²) in [6.45, 7) is 2.58. The van der Waals surface area contributed by atoms with Gasteiger partial charge in [0.25, 0.3) is 0 Å². The summed E-state index contributed by atoms with van der Waals surface area (Å²) >= 11 is 0. The number of hydrogen-bond acceptors (Lipinski definition) is 14. The van der Waals surface area contributed by atoms with E-state index in [4.69, 9.17) is 32.3 Å². The normalized spacial score (nSPS) is 14.3. The quantitative estimate of drug-likeness (QED) is 0.0146. The van der Waals surface area contributed by atoms with E-state index in [-0.39, 0.29) is 19.3 Å². The molecule has 0 aliphatic rings. The Balaban J connectivity index is 4.36. The highest BCUT2D eigenvalue weighted by atomic mass is 31.2. The number of aliphatic hydroxyl groups excluding tert-OH is 2. The number of carbonyl (C=O) groups excluding carboxylic acids is 3. The van der Waals surface area contributed by atoms with Crippen LogP contribution in [0.25, 0.3) is 0 Å². The first-order chi connectivity index (χ1) is 56.2. The lowest BCUT2D eigenvalue weighted by Crippen LogP contribution is -2.30. The van der Waals surface area contributed by atoms with Crippen LogP contribution in [0.5, 0.6) is 0 Å². The molecule has 0 rings (SSSR count). The van der Waals surface area contributed by atoms with Gasteiger partial charge in [0.15, 0.2) is 6.10 Å². The molecule has 16 nitrogen and oxygen atoms in total. The second-order valence-corrected chi connectivity index (χ2v) is 34.3. The van der Waals surface area contributed by atoms with Gasteiger partial charge < -0.3 is 34.2 Å². The lowest BCUT2D eigenvalue weighted by Gasteiger charge is -2.21. The molecule has 0 aliphatic carbocycles. The first-order valence-electron chi connectivity index (χ1n) is 46.8. The number of ether oxygens (including phenoxy) is 3. The number of aliphatic hydroxyl groups is 2. The van der Waals surface area contributed by atoms with E-state index < -0.39 is 91.5 Å². The molecule has 0 bridgehead atoms. The first kappa shape index (κ1) is 111. The molecular formula is C97H172O16P2. The maximum Gasteiger partial charge on any atom is 0.472 e. The molecule has 115 heavy (non-hydrogen) atoms. The Morgan fingerprint density at radius 1 is 0.252 bits per heavy atom. The van der Waals surface area contributed by atoms with Crippen molar-refractivity contribution in [2.45, 2.75) is 437 Å². The van der Waals surface area contributed by atoms with Gasteiger partial charge in [-0.05, 0) is 135 Å². The van der Waals surface area contributed by atoms with Crippen molar-refractivity contribution in [2.75, 3.05) is 39.6 Å². The van der Waals surface area contributed by atoms with Gasteiger partial charge in [-0.25, -0.2) is 9.13 Å². The summed E-state index contributed by atoms with van der Waals surface area (Å²) in [5.41, 5.74) is 0. The molecule has 0 fully saturated rings. The summed E-state index contributed by atoms with van der Waals surface area (Å²) < 4.78 is 61.4. The Kier molecular flexibility index (Phi) is 86.1. The van der Waals surface area contributed by atoms with Crippen molar-refractivity contribution in [3.63, 3.8) is 0 Å². The van der Waals surface area contributed by atoms with Gasteiger partial charge in [0.1, 0.15) is 25.4 Å². The van der Waals surface area contributed by atoms with Crippen molar-refractivity contribution in [2.24, 2.45) is 0 Å². The number of esters is 3. The highest BCUT2D eigenvalue weighted by molar-refractivity contribution is 7.47. The minimum atomic E-state index is -4.93. The van der Waals surface area contributed by atoms with Gasteiger partial charge in [-0.1, -0.05) is 386 Å². The van der Waals surface area contributed by atoms with Crippen LogP contribution in [-0.2, 0) is 55.8 Å². The molecule has 5 atom stereocenters. The largest absolute Gasteiger partial charge is 0.472 e. The molecule has 18 heteroatoms. The molecule has 0 amide bonds. The molecule has 666 valence electrons. The smallest absolute Gasteiger partial charge is 0.463 e. The zero-order chi connectivity index (χ0) is 83.6. The zero-order valence-electron chi connectivity index (χ0n) is 73.4. The Bertz CT molecular complexity index is 2570. The summed E-state index contributed by atoms with van der Waals surface area (Å²) in [7, 11) is -9.79. The topological polar surface area (TPSA) is 231 Å². The lowest BCUT2D eigenvalue weighted by molar-refractivity contribution is -0.161. The van der Waals surface area contributed by atoms with Crippen LogP contribution in [0.3, 0.4) is 0 Å². The van der Waals surface area contributed by atoms with Gasteiger partial charge in [0, 0.05) is 19.3 Å². The fraction of sp³-hybridized carbons (Fsp3) is 0.763. The molecule has 0 aliphatic heterocycles. The summed E-state index contributed by atoms with van der Waals surface area (Å²) in [6.07, 6.45) is 110. The minimum Gasteiger partial charge on any atom is -0.463 e. The van der Waals surface area contributed by atoms with Gasteiger partial charge in [0.05, 0.1) is 26.4 Å². The minimum absolute atomic E-state index is 0.0959. The third-order valence-electron chi connectivity index (χ3n) is 20.1. The fourth-order valence-electron chi connectivity index (χ4n) is 13.1. The summed E-state index contributed by atoms with van der Waals surface area (Å²) in [5.74, 6) is -1.56. The van der Waals surface area contributed by atoms with Crippen molar-refractivity contribution in [3.8, 4) is 0 Å². The van der Waals surface area contributed by atoms with Gasteiger partial charge in [0.2, 0.25) is 0 Å². The number of carbonyl (C=O) groups is 3. The van der Waals surface area contributed by atoms with E-state index in [9.17, 15) is 43.5 Å². The number of phosphoric ester groups is 2. The van der Waals surface area contributed by atoms with Crippen LogP contribution < -0.4 is 0 Å². The van der Waals surface area contributed by atoms with Crippen molar-refractivity contribution >= 4 is 33.6 Å². The average Bonchev–Trinajstić information content (AvgIpc) is 0.885. The molecule has 0 saturated carbocycles. The van der Waals surface area contributed by atoms with Crippen LogP contribution in [0.4, 0.5) is 0 Å². The predicted molar refractivity (Wildman–Crippen MR) is 482 cm³/mol. The van der Waals surface area contributed by atoms with Crippen molar-refractivity contribution in [3.05, 3.63) is 122 Å². The lowest BCUT2D eigenvalue weighted by atomic mass is 10.0. The SMILES string of the molecule is CC/C=C\C/C=C\C/C=C\C/C=C\C/C=C\CCCCCCCCCCCCCCCCCC(=O)OCC(COP(=O)(O)OCC(O)COP(=O)(O)OCC(O)COC(=O)CCCCCCCCCCCCCCCCCCCCC/C=C\C/C=C\C/C=C\C/C=C\CCCCC)OC(=O)CCCCCCC/C=C\CCCCCC. The maximum atomic E-state index is 13.0. The molecular weight excluding hydrogens is 1480 g/mol. The molecule has 5 unspecified atom stereocenters. The van der Waals surface area contributed by atoms with E-state index in [0.717, 1.165) is 128 Å². The molecule has 0 spiro atoms. The van der Waals surface area contributed by atoms with Gasteiger partial charge in [-0.2, -0.15) is 0 Å². The number of rotatable bonds is 89. The Morgan fingerprint density at radius 3 is 0.757 bits per heavy atom.